The van der Waals surface area contributed by atoms with Crippen LogP contribution in [0.2, 0.25) is 0 Å². The Hall–Kier alpha value is -1.27. The van der Waals surface area contributed by atoms with E-state index in [-0.39, 0.29) is 6.04 Å². The lowest BCUT2D eigenvalue weighted by molar-refractivity contribution is 0.288. The molecule has 1 atom stereocenters. The number of hydrogen-bond acceptors (Lipinski definition) is 4. The second-order valence-electron chi connectivity index (χ2n) is 4.72. The third-order valence-electron chi connectivity index (χ3n) is 2.83. The van der Waals surface area contributed by atoms with Crippen molar-refractivity contribution >= 4 is 10.0 Å². The summed E-state index contributed by atoms with van der Waals surface area (Å²) in [5, 5.41) is 0. The van der Waals surface area contributed by atoms with Gasteiger partial charge in [0.05, 0.1) is 20.0 Å². The van der Waals surface area contributed by atoms with Gasteiger partial charge in [-0.05, 0) is 31.0 Å². The Bertz CT molecular complexity index is 528. The number of benzene rings is 1. The van der Waals surface area contributed by atoms with Gasteiger partial charge >= 0.3 is 0 Å². The van der Waals surface area contributed by atoms with Crippen molar-refractivity contribution in [3.8, 4) is 11.5 Å². The van der Waals surface area contributed by atoms with E-state index in [0.29, 0.717) is 18.1 Å². The lowest BCUT2D eigenvalue weighted by Gasteiger charge is -2.16. The van der Waals surface area contributed by atoms with Gasteiger partial charge in [-0.1, -0.05) is 19.4 Å². The number of sulfonamides is 1. The number of ether oxygens (including phenoxy) is 2. The van der Waals surface area contributed by atoms with Gasteiger partial charge in [-0.3, -0.25) is 0 Å². The van der Waals surface area contributed by atoms with Crippen LogP contribution >= 0.6 is 0 Å². The summed E-state index contributed by atoms with van der Waals surface area (Å²) in [5.41, 5.74) is 0.829. The molecule has 0 heterocycles. The molecule has 0 aromatic heterocycles. The summed E-state index contributed by atoms with van der Waals surface area (Å²) in [6.07, 6.45) is 3.19. The first-order valence-electron chi connectivity index (χ1n) is 6.65. The van der Waals surface area contributed by atoms with Crippen LogP contribution in [0, 0.1) is 0 Å². The fraction of sp³-hybridized carbons (Fsp3) is 0.571. The van der Waals surface area contributed by atoms with Crippen molar-refractivity contribution < 1.29 is 17.9 Å². The number of methoxy groups -OCH3 is 1. The molecule has 1 N–H and O–H groups in total. The monoisotopic (exact) mass is 301 g/mol. The number of rotatable bonds is 8. The maximum atomic E-state index is 11.2. The average molecular weight is 301 g/mol. The van der Waals surface area contributed by atoms with E-state index in [4.69, 9.17) is 9.47 Å². The summed E-state index contributed by atoms with van der Waals surface area (Å²) in [7, 11) is -1.67. The maximum Gasteiger partial charge on any atom is 0.209 e. The minimum atomic E-state index is -3.24. The fourth-order valence-electron chi connectivity index (χ4n) is 1.79. The van der Waals surface area contributed by atoms with Gasteiger partial charge in [-0.15, -0.1) is 0 Å². The van der Waals surface area contributed by atoms with Crippen LogP contribution in [-0.4, -0.2) is 28.4 Å². The molecule has 0 fully saturated rings. The molecule has 0 unspecified atom stereocenters. The highest BCUT2D eigenvalue weighted by atomic mass is 32.2. The molecular weight excluding hydrogens is 278 g/mol. The molecule has 0 aliphatic heterocycles. The van der Waals surface area contributed by atoms with Crippen molar-refractivity contribution in [1.82, 2.24) is 4.72 Å². The molecule has 1 aromatic carbocycles. The summed E-state index contributed by atoms with van der Waals surface area (Å²) >= 11 is 0. The van der Waals surface area contributed by atoms with Crippen molar-refractivity contribution in [2.24, 2.45) is 0 Å². The van der Waals surface area contributed by atoms with Gasteiger partial charge in [0.2, 0.25) is 10.0 Å². The van der Waals surface area contributed by atoms with Gasteiger partial charge in [0.25, 0.3) is 0 Å². The second-order valence-corrected chi connectivity index (χ2v) is 6.50. The SMILES string of the molecule is CCCCOc1ccc([C@@H](C)NS(C)(=O)=O)cc1OC. The molecule has 0 aliphatic carbocycles. The van der Waals surface area contributed by atoms with E-state index in [9.17, 15) is 8.42 Å². The van der Waals surface area contributed by atoms with Gasteiger partial charge in [-0.25, -0.2) is 13.1 Å². The first-order chi connectivity index (χ1) is 9.37. The molecule has 0 saturated carbocycles. The van der Waals surface area contributed by atoms with Crippen LogP contribution in [0.15, 0.2) is 18.2 Å². The first kappa shape index (κ1) is 16.8. The van der Waals surface area contributed by atoms with E-state index in [2.05, 4.69) is 11.6 Å². The number of nitrogens with one attached hydrogen (secondary N) is 1. The Morgan fingerprint density at radius 1 is 1.30 bits per heavy atom. The van der Waals surface area contributed by atoms with Crippen LogP contribution in [0.25, 0.3) is 0 Å². The van der Waals surface area contributed by atoms with Gasteiger partial charge in [0.15, 0.2) is 11.5 Å². The fourth-order valence-corrected chi connectivity index (χ4v) is 2.57. The molecule has 0 spiro atoms. The topological polar surface area (TPSA) is 64.6 Å². The normalized spacial score (nSPS) is 13.0. The van der Waals surface area contributed by atoms with E-state index in [1.165, 1.54) is 0 Å². The van der Waals surface area contributed by atoms with Crippen LogP contribution in [0.5, 0.6) is 11.5 Å². The molecule has 20 heavy (non-hydrogen) atoms. The smallest absolute Gasteiger partial charge is 0.209 e. The van der Waals surface area contributed by atoms with Crippen LogP contribution in [0.4, 0.5) is 0 Å². The average Bonchev–Trinajstić information content (AvgIpc) is 2.37. The largest absolute Gasteiger partial charge is 0.493 e. The summed E-state index contributed by atoms with van der Waals surface area (Å²) in [6, 6.07) is 5.13. The molecular formula is C14H23NO4S. The molecule has 0 amide bonds. The van der Waals surface area contributed by atoms with Crippen LogP contribution in [0.1, 0.15) is 38.3 Å². The van der Waals surface area contributed by atoms with E-state index in [0.717, 1.165) is 24.7 Å². The maximum absolute atomic E-state index is 11.2. The Balaban J connectivity index is 2.85. The minimum absolute atomic E-state index is 0.316. The Morgan fingerprint density at radius 2 is 2.00 bits per heavy atom. The van der Waals surface area contributed by atoms with Crippen molar-refractivity contribution in [3.63, 3.8) is 0 Å². The first-order valence-corrected chi connectivity index (χ1v) is 8.54. The highest BCUT2D eigenvalue weighted by molar-refractivity contribution is 7.88. The van der Waals surface area contributed by atoms with E-state index in [1.54, 1.807) is 20.1 Å². The lowest BCUT2D eigenvalue weighted by atomic mass is 10.1. The summed E-state index contributed by atoms with van der Waals surface area (Å²) < 4.78 is 36.0. The summed E-state index contributed by atoms with van der Waals surface area (Å²) in [5.74, 6) is 1.29. The third kappa shape index (κ3) is 5.38. The molecule has 5 nitrogen and oxygen atoms in total. The molecule has 114 valence electrons. The zero-order valence-corrected chi connectivity index (χ0v) is 13.3. The molecule has 6 heteroatoms. The Labute approximate surface area is 121 Å². The zero-order chi connectivity index (χ0) is 15.2. The zero-order valence-electron chi connectivity index (χ0n) is 12.5. The van der Waals surface area contributed by atoms with Gasteiger partial charge in [0.1, 0.15) is 0 Å². The highest BCUT2D eigenvalue weighted by Crippen LogP contribution is 2.30. The molecule has 0 aliphatic rings. The van der Waals surface area contributed by atoms with Crippen molar-refractivity contribution in [3.05, 3.63) is 23.8 Å². The molecule has 0 saturated heterocycles. The lowest BCUT2D eigenvalue weighted by Crippen LogP contribution is -2.25. The van der Waals surface area contributed by atoms with Crippen LogP contribution < -0.4 is 14.2 Å². The number of hydrogen-bond donors (Lipinski definition) is 1. The molecule has 0 bridgehead atoms. The van der Waals surface area contributed by atoms with Crippen molar-refractivity contribution in [2.75, 3.05) is 20.0 Å². The predicted molar refractivity (Wildman–Crippen MR) is 79.8 cm³/mol. The standard InChI is InChI=1S/C14H23NO4S/c1-5-6-9-19-13-8-7-12(10-14(13)18-3)11(2)15-20(4,16)17/h7-8,10-11,15H,5-6,9H2,1-4H3/t11-/m1/s1. The highest BCUT2D eigenvalue weighted by Gasteiger charge is 2.13. The van der Waals surface area contributed by atoms with Gasteiger partial charge in [0, 0.05) is 6.04 Å². The van der Waals surface area contributed by atoms with Crippen molar-refractivity contribution in [1.29, 1.82) is 0 Å². The molecule has 1 rings (SSSR count). The van der Waals surface area contributed by atoms with E-state index in [1.807, 2.05) is 12.1 Å². The Kier molecular flexibility index (Phi) is 6.29. The minimum Gasteiger partial charge on any atom is -0.493 e. The Morgan fingerprint density at radius 3 is 2.55 bits per heavy atom. The van der Waals surface area contributed by atoms with Gasteiger partial charge in [-0.2, -0.15) is 0 Å². The van der Waals surface area contributed by atoms with Crippen molar-refractivity contribution in [2.45, 2.75) is 32.7 Å². The quantitative estimate of drug-likeness (QED) is 0.749. The third-order valence-corrected chi connectivity index (χ3v) is 3.62. The van der Waals surface area contributed by atoms with Crippen LogP contribution in [0.3, 0.4) is 0 Å². The predicted octanol–water partition coefficient (Wildman–Crippen LogP) is 2.48. The van der Waals surface area contributed by atoms with Crippen LogP contribution in [-0.2, 0) is 10.0 Å². The number of unbranched alkanes of at least 4 members (excludes halogenated alkanes) is 1. The second kappa shape index (κ2) is 7.50. The van der Waals surface area contributed by atoms with Gasteiger partial charge < -0.3 is 9.47 Å². The van der Waals surface area contributed by atoms with E-state index < -0.39 is 10.0 Å². The molecule has 0 radical (unpaired) electrons. The summed E-state index contributed by atoms with van der Waals surface area (Å²) in [6.45, 7) is 4.53. The molecule has 1 aromatic rings. The van der Waals surface area contributed by atoms with E-state index >= 15 is 0 Å². The summed E-state index contributed by atoms with van der Waals surface area (Å²) in [4.78, 5) is 0.